The first kappa shape index (κ1) is 14.9. The minimum absolute atomic E-state index is 0.142. The van der Waals surface area contributed by atoms with Crippen molar-refractivity contribution in [2.45, 2.75) is 50.7 Å². The molecule has 0 saturated heterocycles. The van der Waals surface area contributed by atoms with Crippen molar-refractivity contribution in [2.75, 3.05) is 26.9 Å². The van der Waals surface area contributed by atoms with Crippen LogP contribution >= 0.6 is 0 Å². The molecule has 17 heavy (non-hydrogen) atoms. The number of ether oxygens (including phenoxy) is 1. The summed E-state index contributed by atoms with van der Waals surface area (Å²) in [4.78, 5) is 0. The Bertz CT molecular complexity index is 178. The van der Waals surface area contributed by atoms with Gasteiger partial charge < -0.3 is 20.3 Å². The summed E-state index contributed by atoms with van der Waals surface area (Å²) in [5, 5.41) is 22.1. The van der Waals surface area contributed by atoms with E-state index in [0.29, 0.717) is 25.5 Å². The van der Waals surface area contributed by atoms with E-state index < -0.39 is 0 Å². The van der Waals surface area contributed by atoms with Crippen LogP contribution < -0.4 is 5.32 Å². The summed E-state index contributed by atoms with van der Waals surface area (Å²) in [6.07, 6.45) is 6.50. The van der Waals surface area contributed by atoms with Gasteiger partial charge in [-0.05, 0) is 18.8 Å². The Labute approximate surface area is 104 Å². The molecule has 1 aliphatic rings. The van der Waals surface area contributed by atoms with E-state index in [9.17, 15) is 5.11 Å². The lowest BCUT2D eigenvalue weighted by Crippen LogP contribution is -2.39. The minimum atomic E-state index is -0.267. The smallest absolute Gasteiger partial charge is 0.0667 e. The second kappa shape index (κ2) is 8.86. The van der Waals surface area contributed by atoms with Gasteiger partial charge in [0.25, 0.3) is 0 Å². The zero-order valence-electron chi connectivity index (χ0n) is 10.9. The monoisotopic (exact) mass is 245 g/mol. The molecule has 2 atom stereocenters. The number of nitrogens with one attached hydrogen (secondary N) is 1. The van der Waals surface area contributed by atoms with Gasteiger partial charge in [-0.3, -0.25) is 0 Å². The Morgan fingerprint density at radius 1 is 1.35 bits per heavy atom. The maximum Gasteiger partial charge on any atom is 0.0667 e. The number of aliphatic hydroxyl groups excluding tert-OH is 2. The molecule has 0 heterocycles. The zero-order valence-corrected chi connectivity index (χ0v) is 10.9. The van der Waals surface area contributed by atoms with Crippen molar-refractivity contribution < 1.29 is 14.9 Å². The molecular weight excluding hydrogens is 218 g/mol. The fourth-order valence-corrected chi connectivity index (χ4v) is 2.62. The molecule has 102 valence electrons. The Kier molecular flexibility index (Phi) is 7.77. The van der Waals surface area contributed by atoms with Crippen LogP contribution in [-0.4, -0.2) is 49.2 Å². The second-order valence-electron chi connectivity index (χ2n) is 5.11. The highest BCUT2D eigenvalue weighted by Crippen LogP contribution is 2.28. The Morgan fingerprint density at radius 3 is 2.65 bits per heavy atom. The molecule has 0 aliphatic heterocycles. The normalized spacial score (nSPS) is 20.6. The van der Waals surface area contributed by atoms with Crippen molar-refractivity contribution in [1.29, 1.82) is 0 Å². The van der Waals surface area contributed by atoms with Crippen molar-refractivity contribution >= 4 is 0 Å². The van der Waals surface area contributed by atoms with Gasteiger partial charge in [-0.1, -0.05) is 25.7 Å². The third-order valence-electron chi connectivity index (χ3n) is 3.57. The molecule has 4 nitrogen and oxygen atoms in total. The lowest BCUT2D eigenvalue weighted by atomic mass is 10.00. The van der Waals surface area contributed by atoms with Gasteiger partial charge in [0, 0.05) is 26.3 Å². The van der Waals surface area contributed by atoms with Crippen LogP contribution in [0, 0.1) is 5.92 Å². The summed E-state index contributed by atoms with van der Waals surface area (Å²) in [6.45, 7) is 1.33. The van der Waals surface area contributed by atoms with Crippen molar-refractivity contribution in [2.24, 2.45) is 5.92 Å². The van der Waals surface area contributed by atoms with Crippen LogP contribution in [0.3, 0.4) is 0 Å². The van der Waals surface area contributed by atoms with Gasteiger partial charge in [0.1, 0.15) is 0 Å². The molecule has 0 aromatic carbocycles. The van der Waals surface area contributed by atoms with Gasteiger partial charge in [0.05, 0.1) is 12.7 Å². The average Bonchev–Trinajstić information content (AvgIpc) is 2.79. The van der Waals surface area contributed by atoms with Crippen LogP contribution in [0.15, 0.2) is 0 Å². The van der Waals surface area contributed by atoms with Crippen LogP contribution in [0.25, 0.3) is 0 Å². The lowest BCUT2D eigenvalue weighted by molar-refractivity contribution is 0.113. The quantitative estimate of drug-likeness (QED) is 0.565. The highest BCUT2D eigenvalue weighted by atomic mass is 16.5. The van der Waals surface area contributed by atoms with E-state index in [0.717, 1.165) is 6.42 Å². The first-order chi connectivity index (χ1) is 8.26. The SMILES string of the molecule is COCC(CCO)NCC(O)CC1CCCC1. The van der Waals surface area contributed by atoms with E-state index >= 15 is 0 Å². The lowest BCUT2D eigenvalue weighted by Gasteiger charge is -2.21. The van der Waals surface area contributed by atoms with Gasteiger partial charge in [-0.25, -0.2) is 0 Å². The molecule has 1 rings (SSSR count). The largest absolute Gasteiger partial charge is 0.396 e. The summed E-state index contributed by atoms with van der Waals surface area (Å²) in [5.74, 6) is 0.713. The number of methoxy groups -OCH3 is 1. The fraction of sp³-hybridized carbons (Fsp3) is 1.00. The van der Waals surface area contributed by atoms with Gasteiger partial charge in [0.15, 0.2) is 0 Å². The first-order valence-corrected chi connectivity index (χ1v) is 6.77. The van der Waals surface area contributed by atoms with Crippen LogP contribution in [0.1, 0.15) is 38.5 Å². The molecular formula is C13H27NO3. The third kappa shape index (κ3) is 6.36. The third-order valence-corrected chi connectivity index (χ3v) is 3.57. The van der Waals surface area contributed by atoms with Gasteiger partial charge in [-0.2, -0.15) is 0 Å². The summed E-state index contributed by atoms with van der Waals surface area (Å²) in [5.41, 5.74) is 0. The molecule has 0 aromatic heterocycles. The predicted molar refractivity (Wildman–Crippen MR) is 68.0 cm³/mol. The summed E-state index contributed by atoms with van der Waals surface area (Å²) >= 11 is 0. The van der Waals surface area contributed by atoms with E-state index in [-0.39, 0.29) is 18.8 Å². The number of hydrogen-bond acceptors (Lipinski definition) is 4. The highest BCUT2D eigenvalue weighted by Gasteiger charge is 2.19. The second-order valence-corrected chi connectivity index (χ2v) is 5.11. The van der Waals surface area contributed by atoms with Crippen molar-refractivity contribution in [1.82, 2.24) is 5.32 Å². The number of hydrogen-bond donors (Lipinski definition) is 3. The van der Waals surface area contributed by atoms with Crippen LogP contribution in [0.4, 0.5) is 0 Å². The molecule has 3 N–H and O–H groups in total. The van der Waals surface area contributed by atoms with E-state index in [1.165, 1.54) is 25.7 Å². The summed E-state index contributed by atoms with van der Waals surface area (Å²) < 4.78 is 5.07. The Hall–Kier alpha value is -0.160. The van der Waals surface area contributed by atoms with Crippen molar-refractivity contribution in [3.8, 4) is 0 Å². The maximum atomic E-state index is 9.93. The van der Waals surface area contributed by atoms with Crippen LogP contribution in [-0.2, 0) is 4.74 Å². The molecule has 1 fully saturated rings. The summed E-state index contributed by atoms with van der Waals surface area (Å²) in [6, 6.07) is 0.142. The number of rotatable bonds is 9. The van der Waals surface area contributed by atoms with Crippen LogP contribution in [0.2, 0.25) is 0 Å². The van der Waals surface area contributed by atoms with Crippen molar-refractivity contribution in [3.63, 3.8) is 0 Å². The first-order valence-electron chi connectivity index (χ1n) is 6.77. The zero-order chi connectivity index (χ0) is 12.5. The Balaban J connectivity index is 2.13. The van der Waals surface area contributed by atoms with E-state index in [1.54, 1.807) is 7.11 Å². The van der Waals surface area contributed by atoms with E-state index in [2.05, 4.69) is 5.32 Å². The number of aliphatic hydroxyl groups is 2. The standard InChI is InChI=1S/C13H27NO3/c1-17-10-12(6-7-15)14-9-13(16)8-11-4-2-3-5-11/h11-16H,2-10H2,1H3. The molecule has 4 heteroatoms. The topological polar surface area (TPSA) is 61.7 Å². The predicted octanol–water partition coefficient (Wildman–Crippen LogP) is 0.915. The molecule has 0 amide bonds. The summed E-state index contributed by atoms with van der Waals surface area (Å²) in [7, 11) is 1.65. The molecule has 0 radical (unpaired) electrons. The van der Waals surface area contributed by atoms with Gasteiger partial charge in [0.2, 0.25) is 0 Å². The highest BCUT2D eigenvalue weighted by molar-refractivity contribution is 4.74. The van der Waals surface area contributed by atoms with E-state index in [4.69, 9.17) is 9.84 Å². The molecule has 0 spiro atoms. The molecule has 1 saturated carbocycles. The minimum Gasteiger partial charge on any atom is -0.396 e. The van der Waals surface area contributed by atoms with Crippen molar-refractivity contribution in [3.05, 3.63) is 0 Å². The average molecular weight is 245 g/mol. The van der Waals surface area contributed by atoms with Gasteiger partial charge >= 0.3 is 0 Å². The maximum absolute atomic E-state index is 9.93. The molecule has 2 unspecified atom stereocenters. The van der Waals surface area contributed by atoms with Crippen LogP contribution in [0.5, 0.6) is 0 Å². The molecule has 0 bridgehead atoms. The molecule has 0 aromatic rings. The van der Waals surface area contributed by atoms with Gasteiger partial charge in [-0.15, -0.1) is 0 Å². The fourth-order valence-electron chi connectivity index (χ4n) is 2.62. The van der Waals surface area contributed by atoms with E-state index in [1.807, 2.05) is 0 Å². The Morgan fingerprint density at radius 2 is 2.06 bits per heavy atom. The molecule has 1 aliphatic carbocycles.